The zero-order valence-electron chi connectivity index (χ0n) is 12.9. The fourth-order valence-corrected chi connectivity index (χ4v) is 3.55. The van der Waals surface area contributed by atoms with Crippen molar-refractivity contribution in [2.75, 3.05) is 0 Å². The molecular weight excluding hydrogens is 329 g/mol. The third-order valence-corrected chi connectivity index (χ3v) is 5.05. The third kappa shape index (κ3) is 3.60. The number of carbonyl (C=O) groups is 1. The molecule has 4 heteroatoms. The summed E-state index contributed by atoms with van der Waals surface area (Å²) < 4.78 is 0. The first-order valence-electron chi connectivity index (χ1n) is 7.88. The lowest BCUT2D eigenvalue weighted by Crippen LogP contribution is -2.42. The Morgan fingerprint density at radius 3 is 2.00 bits per heavy atom. The molecule has 0 unspecified atom stereocenters. The van der Waals surface area contributed by atoms with E-state index in [0.717, 1.165) is 17.5 Å². The van der Waals surface area contributed by atoms with Crippen LogP contribution in [0.25, 0.3) is 0 Å². The highest BCUT2D eigenvalue weighted by molar-refractivity contribution is 6.30. The van der Waals surface area contributed by atoms with Crippen LogP contribution >= 0.6 is 23.2 Å². The maximum Gasteiger partial charge on any atom is 0.139 e. The van der Waals surface area contributed by atoms with Crippen LogP contribution in [0.2, 0.25) is 10.0 Å². The Bertz CT molecular complexity index is 682. The van der Waals surface area contributed by atoms with Crippen LogP contribution in [-0.4, -0.2) is 5.78 Å². The van der Waals surface area contributed by atoms with Crippen molar-refractivity contribution in [2.24, 2.45) is 5.92 Å². The van der Waals surface area contributed by atoms with Crippen LogP contribution in [0.1, 0.15) is 43.0 Å². The van der Waals surface area contributed by atoms with E-state index in [0.29, 0.717) is 22.2 Å². The van der Waals surface area contributed by atoms with Crippen molar-refractivity contribution >= 4 is 29.0 Å². The van der Waals surface area contributed by atoms with Crippen LogP contribution in [0.4, 0.5) is 0 Å². The second-order valence-corrected chi connectivity index (χ2v) is 6.86. The van der Waals surface area contributed by atoms with E-state index in [1.54, 1.807) is 0 Å². The highest BCUT2D eigenvalue weighted by Crippen LogP contribution is 2.37. The first-order chi connectivity index (χ1) is 11.1. The summed E-state index contributed by atoms with van der Waals surface area (Å²) in [4.78, 5) is 12.6. The number of benzene rings is 2. The summed E-state index contributed by atoms with van der Waals surface area (Å²) in [6.07, 6.45) is 1.34. The number of nitrogens with one attached hydrogen (secondary N) is 1. The van der Waals surface area contributed by atoms with Gasteiger partial charge < -0.3 is 5.32 Å². The van der Waals surface area contributed by atoms with Gasteiger partial charge in [0.05, 0.1) is 0 Å². The topological polar surface area (TPSA) is 29.1 Å². The summed E-state index contributed by atoms with van der Waals surface area (Å²) in [5, 5.41) is 5.06. The first-order valence-corrected chi connectivity index (χ1v) is 8.63. The molecular formula is C19H19Cl2NO. The predicted molar refractivity (Wildman–Crippen MR) is 94.9 cm³/mol. The maximum absolute atomic E-state index is 12.6. The molecule has 1 N–H and O–H groups in total. The molecule has 0 aromatic heterocycles. The molecule has 2 nitrogen and oxygen atoms in total. The summed E-state index contributed by atoms with van der Waals surface area (Å²) >= 11 is 12.0. The van der Waals surface area contributed by atoms with Crippen molar-refractivity contribution in [1.82, 2.24) is 5.32 Å². The first kappa shape index (κ1) is 16.5. The molecule has 0 bridgehead atoms. The van der Waals surface area contributed by atoms with Crippen molar-refractivity contribution in [3.63, 3.8) is 0 Å². The Hall–Kier alpha value is -1.35. The average Bonchev–Trinajstić information content (AvgIpc) is 2.55. The van der Waals surface area contributed by atoms with Crippen LogP contribution in [0, 0.1) is 5.92 Å². The highest BCUT2D eigenvalue weighted by atomic mass is 35.5. The largest absolute Gasteiger partial charge is 0.302 e. The Balaban J connectivity index is 1.90. The van der Waals surface area contributed by atoms with Crippen molar-refractivity contribution in [2.45, 2.75) is 31.8 Å². The summed E-state index contributed by atoms with van der Waals surface area (Å²) in [6, 6.07) is 15.5. The molecule has 1 saturated heterocycles. The maximum atomic E-state index is 12.6. The Labute approximate surface area is 146 Å². The van der Waals surface area contributed by atoms with Crippen molar-refractivity contribution < 1.29 is 4.79 Å². The standard InChI is InChI=1S/C19H19Cl2NO/c1-2-16-18(23)11-17(12-3-7-14(20)8-4-12)22-19(16)13-5-9-15(21)10-6-13/h3-10,16-17,19,22H,2,11H2,1H3/t16-,17+,19+/m1/s1. The monoisotopic (exact) mass is 347 g/mol. The summed E-state index contributed by atoms with van der Waals surface area (Å²) in [5.74, 6) is 0.311. The molecule has 23 heavy (non-hydrogen) atoms. The molecule has 1 fully saturated rings. The zero-order valence-corrected chi connectivity index (χ0v) is 14.4. The van der Waals surface area contributed by atoms with E-state index in [-0.39, 0.29) is 18.0 Å². The van der Waals surface area contributed by atoms with Gasteiger partial charge in [-0.05, 0) is 41.8 Å². The molecule has 1 aliphatic heterocycles. The minimum atomic E-state index is -0.000254. The summed E-state index contributed by atoms with van der Waals surface area (Å²) in [6.45, 7) is 2.07. The number of carbonyl (C=O) groups excluding carboxylic acids is 1. The second-order valence-electron chi connectivity index (χ2n) is 5.99. The molecule has 3 atom stereocenters. The lowest BCUT2D eigenvalue weighted by atomic mass is 9.79. The normalized spacial score (nSPS) is 24.7. The highest BCUT2D eigenvalue weighted by Gasteiger charge is 2.36. The van der Waals surface area contributed by atoms with E-state index in [1.807, 2.05) is 48.5 Å². The molecule has 1 heterocycles. The van der Waals surface area contributed by atoms with Gasteiger partial charge in [-0.25, -0.2) is 0 Å². The molecule has 0 spiro atoms. The lowest BCUT2D eigenvalue weighted by Gasteiger charge is -2.37. The van der Waals surface area contributed by atoms with Crippen LogP contribution in [0.3, 0.4) is 0 Å². The fourth-order valence-electron chi connectivity index (χ4n) is 3.30. The average molecular weight is 348 g/mol. The minimum Gasteiger partial charge on any atom is -0.302 e. The van der Waals surface area contributed by atoms with Gasteiger partial charge in [0.2, 0.25) is 0 Å². The van der Waals surface area contributed by atoms with Gasteiger partial charge in [0.15, 0.2) is 0 Å². The fraction of sp³-hybridized carbons (Fsp3) is 0.316. The van der Waals surface area contributed by atoms with Gasteiger partial charge >= 0.3 is 0 Å². The number of Topliss-reactive ketones (excluding diaryl/α,β-unsaturated/α-hetero) is 1. The van der Waals surface area contributed by atoms with Crippen molar-refractivity contribution in [1.29, 1.82) is 0 Å². The summed E-state index contributed by atoms with van der Waals surface area (Å²) in [7, 11) is 0. The summed E-state index contributed by atoms with van der Waals surface area (Å²) in [5.41, 5.74) is 2.20. The molecule has 0 saturated carbocycles. The number of rotatable bonds is 3. The molecule has 1 aliphatic rings. The van der Waals surface area contributed by atoms with Crippen LogP contribution < -0.4 is 5.32 Å². The van der Waals surface area contributed by atoms with Crippen molar-refractivity contribution in [3.05, 3.63) is 69.7 Å². The van der Waals surface area contributed by atoms with Crippen LogP contribution in [-0.2, 0) is 4.79 Å². The Morgan fingerprint density at radius 1 is 0.957 bits per heavy atom. The van der Waals surface area contributed by atoms with E-state index >= 15 is 0 Å². The van der Waals surface area contributed by atoms with Gasteiger partial charge in [-0.2, -0.15) is 0 Å². The van der Waals surface area contributed by atoms with Gasteiger partial charge in [0.25, 0.3) is 0 Å². The second kappa shape index (κ2) is 7.04. The number of ketones is 1. The van der Waals surface area contributed by atoms with Crippen LogP contribution in [0.15, 0.2) is 48.5 Å². The predicted octanol–water partition coefficient (Wildman–Crippen LogP) is 5.36. The molecule has 2 aromatic carbocycles. The molecule has 0 aliphatic carbocycles. The van der Waals surface area contributed by atoms with Gasteiger partial charge in [0.1, 0.15) is 5.78 Å². The van der Waals surface area contributed by atoms with Gasteiger partial charge in [0, 0.05) is 34.5 Å². The molecule has 3 rings (SSSR count). The van der Waals surface area contributed by atoms with Gasteiger partial charge in [-0.15, -0.1) is 0 Å². The third-order valence-electron chi connectivity index (χ3n) is 4.54. The molecule has 120 valence electrons. The van der Waals surface area contributed by atoms with Gasteiger partial charge in [-0.1, -0.05) is 54.4 Å². The SMILES string of the molecule is CC[C@@H]1C(=O)C[C@@H](c2ccc(Cl)cc2)N[C@H]1c1ccc(Cl)cc1. The lowest BCUT2D eigenvalue weighted by molar-refractivity contribution is -0.126. The van der Waals surface area contributed by atoms with Gasteiger partial charge in [-0.3, -0.25) is 4.79 Å². The zero-order chi connectivity index (χ0) is 16.4. The number of hydrogen-bond donors (Lipinski definition) is 1. The van der Waals surface area contributed by atoms with Crippen molar-refractivity contribution in [3.8, 4) is 0 Å². The quantitative estimate of drug-likeness (QED) is 0.809. The minimum absolute atomic E-state index is 0.000254. The molecule has 0 amide bonds. The number of halogens is 2. The van der Waals surface area contributed by atoms with E-state index in [2.05, 4.69) is 12.2 Å². The van der Waals surface area contributed by atoms with E-state index < -0.39 is 0 Å². The smallest absolute Gasteiger partial charge is 0.139 e. The van der Waals surface area contributed by atoms with E-state index in [9.17, 15) is 4.79 Å². The Morgan fingerprint density at radius 2 is 1.48 bits per heavy atom. The Kier molecular flexibility index (Phi) is 5.05. The van der Waals surface area contributed by atoms with E-state index in [4.69, 9.17) is 23.2 Å². The van der Waals surface area contributed by atoms with E-state index in [1.165, 1.54) is 0 Å². The number of hydrogen-bond acceptors (Lipinski definition) is 2. The van der Waals surface area contributed by atoms with Crippen LogP contribution in [0.5, 0.6) is 0 Å². The number of piperidine rings is 1. The molecule has 2 aromatic rings. The molecule has 0 radical (unpaired) electrons.